The average Bonchev–Trinajstić information content (AvgIpc) is 2.18. The number of hydrogen-bond donors (Lipinski definition) is 0. The smallest absolute Gasteiger partial charge is 0.0773 e. The van der Waals surface area contributed by atoms with Crippen LogP contribution in [0.15, 0.2) is 12.7 Å². The van der Waals surface area contributed by atoms with Crippen LogP contribution in [0, 0.1) is 0 Å². The normalized spacial score (nSPS) is 34.8. The lowest BCUT2D eigenvalue weighted by atomic mass is 10.2. The van der Waals surface area contributed by atoms with Crippen LogP contribution >= 0.6 is 11.6 Å². The Morgan fingerprint density at radius 3 is 3.00 bits per heavy atom. The standard InChI is InChI=1S/C7H11ClO/c1-2-3-7-6(8)4-5-9-7/h2,6-7H,1,3-5H2. The minimum Gasteiger partial charge on any atom is -0.376 e. The van der Waals surface area contributed by atoms with Crippen molar-refractivity contribution in [2.75, 3.05) is 6.61 Å². The summed E-state index contributed by atoms with van der Waals surface area (Å²) in [4.78, 5) is 0. The highest BCUT2D eigenvalue weighted by Gasteiger charge is 2.24. The second-order valence-corrected chi connectivity index (χ2v) is 2.80. The van der Waals surface area contributed by atoms with Crippen LogP contribution in [0.2, 0.25) is 0 Å². The van der Waals surface area contributed by atoms with E-state index in [0.717, 1.165) is 19.4 Å². The van der Waals surface area contributed by atoms with Crippen molar-refractivity contribution in [1.29, 1.82) is 0 Å². The Morgan fingerprint density at radius 2 is 2.56 bits per heavy atom. The van der Waals surface area contributed by atoms with Gasteiger partial charge in [0.05, 0.1) is 11.5 Å². The van der Waals surface area contributed by atoms with Crippen LogP contribution in [-0.4, -0.2) is 18.1 Å². The molecule has 1 aliphatic heterocycles. The van der Waals surface area contributed by atoms with Gasteiger partial charge in [-0.15, -0.1) is 18.2 Å². The molecule has 0 aromatic carbocycles. The Labute approximate surface area is 60.7 Å². The van der Waals surface area contributed by atoms with Gasteiger partial charge in [-0.05, 0) is 12.8 Å². The van der Waals surface area contributed by atoms with Gasteiger partial charge in [0, 0.05) is 6.61 Å². The van der Waals surface area contributed by atoms with Crippen molar-refractivity contribution in [3.8, 4) is 0 Å². The molecule has 0 aromatic heterocycles. The largest absolute Gasteiger partial charge is 0.376 e. The molecule has 0 aromatic rings. The molecule has 2 heteroatoms. The number of hydrogen-bond acceptors (Lipinski definition) is 1. The third-order valence-electron chi connectivity index (χ3n) is 1.53. The third kappa shape index (κ3) is 1.70. The lowest BCUT2D eigenvalue weighted by Gasteiger charge is -2.08. The van der Waals surface area contributed by atoms with E-state index in [1.165, 1.54) is 0 Å². The summed E-state index contributed by atoms with van der Waals surface area (Å²) in [5.41, 5.74) is 0. The van der Waals surface area contributed by atoms with Crippen LogP contribution in [0.25, 0.3) is 0 Å². The number of ether oxygens (including phenoxy) is 1. The molecule has 0 spiro atoms. The monoisotopic (exact) mass is 146 g/mol. The molecule has 0 saturated carbocycles. The SMILES string of the molecule is C=CCC1OCCC1Cl. The van der Waals surface area contributed by atoms with E-state index < -0.39 is 0 Å². The molecule has 0 bridgehead atoms. The van der Waals surface area contributed by atoms with Gasteiger partial charge in [0.15, 0.2) is 0 Å². The quantitative estimate of drug-likeness (QED) is 0.428. The predicted molar refractivity (Wildman–Crippen MR) is 38.8 cm³/mol. The zero-order chi connectivity index (χ0) is 6.69. The lowest BCUT2D eigenvalue weighted by molar-refractivity contribution is 0.115. The van der Waals surface area contributed by atoms with E-state index in [1.807, 2.05) is 6.08 Å². The zero-order valence-electron chi connectivity index (χ0n) is 5.35. The Hall–Kier alpha value is -0.0100. The molecular formula is C7H11ClO. The summed E-state index contributed by atoms with van der Waals surface area (Å²) < 4.78 is 5.30. The van der Waals surface area contributed by atoms with Crippen molar-refractivity contribution in [3.63, 3.8) is 0 Å². The maximum absolute atomic E-state index is 5.88. The van der Waals surface area contributed by atoms with E-state index in [-0.39, 0.29) is 11.5 Å². The molecule has 0 radical (unpaired) electrons. The minimum absolute atomic E-state index is 0.211. The van der Waals surface area contributed by atoms with Gasteiger partial charge < -0.3 is 4.74 Å². The predicted octanol–water partition coefficient (Wildman–Crippen LogP) is 1.96. The Balaban J connectivity index is 2.30. The van der Waals surface area contributed by atoms with E-state index in [2.05, 4.69) is 6.58 Å². The molecule has 1 heterocycles. The van der Waals surface area contributed by atoms with E-state index in [4.69, 9.17) is 16.3 Å². The van der Waals surface area contributed by atoms with Crippen LogP contribution in [0.5, 0.6) is 0 Å². The maximum atomic E-state index is 5.88. The van der Waals surface area contributed by atoms with E-state index >= 15 is 0 Å². The minimum atomic E-state index is 0.211. The van der Waals surface area contributed by atoms with Gasteiger partial charge in [-0.2, -0.15) is 0 Å². The molecular weight excluding hydrogens is 136 g/mol. The summed E-state index contributed by atoms with van der Waals surface area (Å²) in [6.07, 6.45) is 3.95. The van der Waals surface area contributed by atoms with Gasteiger partial charge in [-0.25, -0.2) is 0 Å². The summed E-state index contributed by atoms with van der Waals surface area (Å²) in [6.45, 7) is 4.43. The molecule has 1 aliphatic rings. The van der Waals surface area contributed by atoms with Crippen LogP contribution in [0.1, 0.15) is 12.8 Å². The Bertz CT molecular complexity index is 103. The summed E-state index contributed by atoms with van der Waals surface area (Å²) in [5.74, 6) is 0. The first-order valence-corrected chi connectivity index (χ1v) is 3.65. The van der Waals surface area contributed by atoms with Gasteiger partial charge in [-0.1, -0.05) is 6.08 Å². The summed E-state index contributed by atoms with van der Waals surface area (Å²) in [6, 6.07) is 0. The van der Waals surface area contributed by atoms with Crippen molar-refractivity contribution in [3.05, 3.63) is 12.7 Å². The molecule has 9 heavy (non-hydrogen) atoms. The molecule has 1 rings (SSSR count). The number of rotatable bonds is 2. The van der Waals surface area contributed by atoms with Gasteiger partial charge in [0.2, 0.25) is 0 Å². The van der Waals surface area contributed by atoms with Gasteiger partial charge in [-0.3, -0.25) is 0 Å². The van der Waals surface area contributed by atoms with Crippen molar-refractivity contribution in [2.24, 2.45) is 0 Å². The molecule has 2 atom stereocenters. The zero-order valence-corrected chi connectivity index (χ0v) is 6.10. The van der Waals surface area contributed by atoms with Crippen molar-refractivity contribution >= 4 is 11.6 Å². The van der Waals surface area contributed by atoms with E-state index in [9.17, 15) is 0 Å². The maximum Gasteiger partial charge on any atom is 0.0773 e. The van der Waals surface area contributed by atoms with E-state index in [0.29, 0.717) is 0 Å². The fraction of sp³-hybridized carbons (Fsp3) is 0.714. The highest BCUT2D eigenvalue weighted by molar-refractivity contribution is 6.21. The van der Waals surface area contributed by atoms with Crippen LogP contribution in [0.4, 0.5) is 0 Å². The fourth-order valence-electron chi connectivity index (χ4n) is 1.00. The Kier molecular flexibility index (Phi) is 2.55. The van der Waals surface area contributed by atoms with E-state index in [1.54, 1.807) is 0 Å². The molecule has 0 N–H and O–H groups in total. The average molecular weight is 147 g/mol. The summed E-state index contributed by atoms with van der Waals surface area (Å²) in [7, 11) is 0. The summed E-state index contributed by atoms with van der Waals surface area (Å²) in [5, 5.41) is 0.211. The van der Waals surface area contributed by atoms with Crippen LogP contribution in [-0.2, 0) is 4.74 Å². The molecule has 1 nitrogen and oxygen atoms in total. The molecule has 52 valence electrons. The first kappa shape index (κ1) is 7.10. The topological polar surface area (TPSA) is 9.23 Å². The first-order valence-electron chi connectivity index (χ1n) is 3.21. The van der Waals surface area contributed by atoms with Crippen LogP contribution < -0.4 is 0 Å². The van der Waals surface area contributed by atoms with Crippen molar-refractivity contribution in [2.45, 2.75) is 24.3 Å². The van der Waals surface area contributed by atoms with Gasteiger partial charge >= 0.3 is 0 Å². The molecule has 1 fully saturated rings. The highest BCUT2D eigenvalue weighted by Crippen LogP contribution is 2.21. The van der Waals surface area contributed by atoms with Crippen LogP contribution in [0.3, 0.4) is 0 Å². The second-order valence-electron chi connectivity index (χ2n) is 2.24. The van der Waals surface area contributed by atoms with Gasteiger partial charge in [0.25, 0.3) is 0 Å². The Morgan fingerprint density at radius 1 is 1.78 bits per heavy atom. The third-order valence-corrected chi connectivity index (χ3v) is 2.03. The second kappa shape index (κ2) is 3.23. The van der Waals surface area contributed by atoms with Crippen molar-refractivity contribution < 1.29 is 4.74 Å². The molecule has 2 unspecified atom stereocenters. The first-order chi connectivity index (χ1) is 4.34. The lowest BCUT2D eigenvalue weighted by Crippen LogP contribution is -2.13. The number of halogens is 1. The molecule has 0 aliphatic carbocycles. The van der Waals surface area contributed by atoms with Crippen molar-refractivity contribution in [1.82, 2.24) is 0 Å². The summed E-state index contributed by atoms with van der Waals surface area (Å²) >= 11 is 5.88. The fourth-order valence-corrected chi connectivity index (χ4v) is 1.27. The number of alkyl halides is 1. The highest BCUT2D eigenvalue weighted by atomic mass is 35.5. The van der Waals surface area contributed by atoms with Gasteiger partial charge in [0.1, 0.15) is 0 Å². The molecule has 0 amide bonds. The molecule has 1 saturated heterocycles.